The molecule has 0 radical (unpaired) electrons. The summed E-state index contributed by atoms with van der Waals surface area (Å²) in [6.45, 7) is 3.48. The highest BCUT2D eigenvalue weighted by Crippen LogP contribution is 2.29. The first-order valence-electron chi connectivity index (χ1n) is 12.2. The SMILES string of the molecule is CC(C)[C@@H](Cc1cncc(-c2c[nH]c3ncc(C(=O)NC4CCOCC4)cc23)c1)C(=O)NCC(F)(F)F. The quantitative estimate of drug-likeness (QED) is 0.418. The largest absolute Gasteiger partial charge is 0.405 e. The second-order valence-corrected chi connectivity index (χ2v) is 9.65. The summed E-state index contributed by atoms with van der Waals surface area (Å²) in [5.74, 6) is -1.67. The number of nitrogens with zero attached hydrogens (tertiary/aromatic N) is 2. The first-order valence-corrected chi connectivity index (χ1v) is 12.2. The monoisotopic (exact) mass is 517 g/mol. The molecule has 8 nitrogen and oxygen atoms in total. The third-order valence-electron chi connectivity index (χ3n) is 6.52. The van der Waals surface area contributed by atoms with E-state index in [1.165, 1.54) is 6.20 Å². The van der Waals surface area contributed by atoms with E-state index in [-0.39, 0.29) is 24.3 Å². The van der Waals surface area contributed by atoms with Crippen molar-refractivity contribution in [1.29, 1.82) is 0 Å². The van der Waals surface area contributed by atoms with Crippen LogP contribution in [0.1, 0.15) is 42.6 Å². The summed E-state index contributed by atoms with van der Waals surface area (Å²) in [7, 11) is 0. The summed E-state index contributed by atoms with van der Waals surface area (Å²) in [5.41, 5.74) is 3.28. The Hall–Kier alpha value is -3.47. The topological polar surface area (TPSA) is 109 Å². The van der Waals surface area contributed by atoms with E-state index >= 15 is 0 Å². The van der Waals surface area contributed by atoms with Crippen LogP contribution in [0.25, 0.3) is 22.2 Å². The van der Waals surface area contributed by atoms with Crippen LogP contribution in [0.2, 0.25) is 0 Å². The van der Waals surface area contributed by atoms with Gasteiger partial charge in [-0.05, 0) is 42.9 Å². The number of nitrogens with one attached hydrogen (secondary N) is 3. The van der Waals surface area contributed by atoms with E-state index in [0.717, 1.165) is 29.4 Å². The molecule has 1 aliphatic rings. The molecule has 1 aliphatic heterocycles. The maximum absolute atomic E-state index is 12.8. The lowest BCUT2D eigenvalue weighted by Crippen LogP contribution is -2.40. The van der Waals surface area contributed by atoms with Crippen molar-refractivity contribution >= 4 is 22.8 Å². The van der Waals surface area contributed by atoms with Crippen LogP contribution in [0, 0.1) is 11.8 Å². The number of hydrogen-bond acceptors (Lipinski definition) is 5. The van der Waals surface area contributed by atoms with Crippen molar-refractivity contribution in [1.82, 2.24) is 25.6 Å². The van der Waals surface area contributed by atoms with E-state index in [9.17, 15) is 22.8 Å². The maximum Gasteiger partial charge on any atom is 0.405 e. The Kier molecular flexibility index (Phi) is 8.11. The predicted molar refractivity (Wildman–Crippen MR) is 132 cm³/mol. The molecule has 3 aromatic rings. The van der Waals surface area contributed by atoms with Crippen molar-refractivity contribution in [2.75, 3.05) is 19.8 Å². The second-order valence-electron chi connectivity index (χ2n) is 9.65. The van der Waals surface area contributed by atoms with E-state index in [2.05, 4.69) is 20.3 Å². The van der Waals surface area contributed by atoms with Gasteiger partial charge in [0.25, 0.3) is 5.91 Å². The molecule has 1 saturated heterocycles. The molecule has 0 saturated carbocycles. The summed E-state index contributed by atoms with van der Waals surface area (Å²) in [4.78, 5) is 37.1. The van der Waals surface area contributed by atoms with Gasteiger partial charge in [-0.2, -0.15) is 13.2 Å². The molecule has 0 aromatic carbocycles. The zero-order valence-electron chi connectivity index (χ0n) is 20.7. The van der Waals surface area contributed by atoms with E-state index in [1.54, 1.807) is 38.5 Å². The van der Waals surface area contributed by atoms with Crippen molar-refractivity contribution in [3.05, 3.63) is 48.0 Å². The average Bonchev–Trinajstić information content (AvgIpc) is 3.29. The molecule has 3 aromatic heterocycles. The number of H-pyrrole nitrogens is 1. The Balaban J connectivity index is 1.54. The van der Waals surface area contributed by atoms with Crippen LogP contribution < -0.4 is 10.6 Å². The van der Waals surface area contributed by atoms with E-state index in [4.69, 9.17) is 4.74 Å². The van der Waals surface area contributed by atoms with Crippen LogP contribution in [-0.4, -0.2) is 58.7 Å². The van der Waals surface area contributed by atoms with Crippen LogP contribution in [0.15, 0.2) is 36.9 Å². The number of ether oxygens (including phenoxy) is 1. The highest BCUT2D eigenvalue weighted by Gasteiger charge is 2.30. The molecule has 1 fully saturated rings. The molecule has 3 N–H and O–H groups in total. The number of carbonyl (C=O) groups excluding carboxylic acids is 2. The third kappa shape index (κ3) is 6.85. The minimum atomic E-state index is -4.47. The summed E-state index contributed by atoms with van der Waals surface area (Å²) in [5, 5.41) is 5.76. The second kappa shape index (κ2) is 11.3. The van der Waals surface area contributed by atoms with Gasteiger partial charge in [-0.3, -0.25) is 14.6 Å². The standard InChI is InChI=1S/C26H30F3N5O3/c1-15(2)20(25(36)33-14-26(27,28)29)8-16-7-17(11-30-10-16)22-13-32-23-21(22)9-18(12-31-23)24(35)34-19-3-5-37-6-4-19/h7,9-13,15,19-20H,3-6,8,14H2,1-2H3,(H,31,32)(H,33,36)(H,34,35)/t20-/m1/s1. The predicted octanol–water partition coefficient (Wildman–Crippen LogP) is 4.03. The van der Waals surface area contributed by atoms with Crippen molar-refractivity contribution in [3.8, 4) is 11.1 Å². The molecule has 4 heterocycles. The number of fused-ring (bicyclic) bond motifs is 1. The first-order chi connectivity index (χ1) is 17.6. The molecule has 198 valence electrons. The molecule has 37 heavy (non-hydrogen) atoms. The number of amides is 2. The Bertz CT molecular complexity index is 1250. The Morgan fingerprint density at radius 2 is 1.92 bits per heavy atom. The summed E-state index contributed by atoms with van der Waals surface area (Å²) < 4.78 is 43.1. The summed E-state index contributed by atoms with van der Waals surface area (Å²) in [6.07, 6.45) is 3.87. The van der Waals surface area contributed by atoms with Crippen molar-refractivity contribution in [2.45, 2.75) is 45.3 Å². The Labute approximate surface area is 212 Å². The van der Waals surface area contributed by atoms with Crippen LogP contribution in [0.5, 0.6) is 0 Å². The zero-order chi connectivity index (χ0) is 26.6. The van der Waals surface area contributed by atoms with E-state index in [1.807, 2.05) is 11.4 Å². The highest BCUT2D eigenvalue weighted by molar-refractivity contribution is 6.01. The molecule has 1 atom stereocenters. The van der Waals surface area contributed by atoms with Gasteiger partial charge in [-0.15, -0.1) is 0 Å². The molecular weight excluding hydrogens is 487 g/mol. The number of pyridine rings is 2. The van der Waals surface area contributed by atoms with Gasteiger partial charge < -0.3 is 20.4 Å². The van der Waals surface area contributed by atoms with Gasteiger partial charge in [0.2, 0.25) is 5.91 Å². The lowest BCUT2D eigenvalue weighted by molar-refractivity contribution is -0.141. The number of carbonyl (C=O) groups is 2. The molecule has 2 amide bonds. The van der Waals surface area contributed by atoms with Gasteiger partial charge >= 0.3 is 6.18 Å². The Morgan fingerprint density at radius 1 is 1.16 bits per heavy atom. The number of alkyl halides is 3. The lowest BCUT2D eigenvalue weighted by Gasteiger charge is -2.23. The Morgan fingerprint density at radius 3 is 2.62 bits per heavy atom. The minimum Gasteiger partial charge on any atom is -0.381 e. The lowest BCUT2D eigenvalue weighted by atomic mass is 9.88. The van der Waals surface area contributed by atoms with Gasteiger partial charge in [0.15, 0.2) is 0 Å². The molecule has 0 aliphatic carbocycles. The van der Waals surface area contributed by atoms with Gasteiger partial charge in [0, 0.05) is 66.5 Å². The van der Waals surface area contributed by atoms with Crippen LogP contribution in [0.3, 0.4) is 0 Å². The van der Waals surface area contributed by atoms with Crippen LogP contribution in [0.4, 0.5) is 13.2 Å². The van der Waals surface area contributed by atoms with Gasteiger partial charge in [0.05, 0.1) is 5.56 Å². The maximum atomic E-state index is 12.8. The smallest absolute Gasteiger partial charge is 0.381 e. The van der Waals surface area contributed by atoms with Crippen molar-refractivity contribution in [3.63, 3.8) is 0 Å². The minimum absolute atomic E-state index is 0.0609. The first kappa shape index (κ1) is 26.6. The molecule has 0 bridgehead atoms. The fraction of sp³-hybridized carbons (Fsp3) is 0.462. The van der Waals surface area contributed by atoms with Gasteiger partial charge in [-0.25, -0.2) is 4.98 Å². The van der Waals surface area contributed by atoms with Crippen molar-refractivity contribution in [2.24, 2.45) is 11.8 Å². The average molecular weight is 518 g/mol. The molecule has 0 unspecified atom stereocenters. The molecular formula is C26H30F3N5O3. The van der Waals surface area contributed by atoms with Gasteiger partial charge in [0.1, 0.15) is 12.2 Å². The third-order valence-corrected chi connectivity index (χ3v) is 6.52. The van der Waals surface area contributed by atoms with Crippen LogP contribution >= 0.6 is 0 Å². The fourth-order valence-electron chi connectivity index (χ4n) is 4.43. The normalized spacial score (nSPS) is 15.6. The molecule has 11 heteroatoms. The zero-order valence-corrected chi connectivity index (χ0v) is 20.7. The van der Waals surface area contributed by atoms with Gasteiger partial charge in [-0.1, -0.05) is 13.8 Å². The van der Waals surface area contributed by atoms with Crippen LogP contribution in [-0.2, 0) is 16.0 Å². The van der Waals surface area contributed by atoms with Crippen molar-refractivity contribution < 1.29 is 27.5 Å². The number of aromatic amines is 1. The van der Waals surface area contributed by atoms with E-state index in [0.29, 0.717) is 30.0 Å². The summed E-state index contributed by atoms with van der Waals surface area (Å²) >= 11 is 0. The number of hydrogen-bond donors (Lipinski definition) is 3. The molecule has 0 spiro atoms. The fourth-order valence-corrected chi connectivity index (χ4v) is 4.43. The highest BCUT2D eigenvalue weighted by atomic mass is 19.4. The number of rotatable bonds is 8. The summed E-state index contributed by atoms with van der Waals surface area (Å²) in [6, 6.07) is 3.69. The number of halogens is 3. The van der Waals surface area contributed by atoms with E-state index < -0.39 is 24.5 Å². The molecule has 4 rings (SSSR count). The number of aromatic nitrogens is 3.